The standard InChI is InChI=1S/C15H28FN3/c1-3-5-7-9-11-13(12-10-8-6-4-2)14-15(16)18-19-17-14/h13H,3-12H2,1-2H3,(H,17,18,19). The zero-order valence-electron chi connectivity index (χ0n) is 12.4. The molecule has 0 radical (unpaired) electrons. The highest BCUT2D eigenvalue weighted by Gasteiger charge is 2.19. The lowest BCUT2D eigenvalue weighted by atomic mass is 9.92. The Morgan fingerprint density at radius 3 is 1.89 bits per heavy atom. The molecule has 0 aliphatic heterocycles. The summed E-state index contributed by atoms with van der Waals surface area (Å²) in [6.45, 7) is 4.42. The number of aromatic nitrogens is 3. The number of nitrogens with zero attached hydrogens (tertiary/aromatic N) is 2. The van der Waals surface area contributed by atoms with Crippen LogP contribution in [0.2, 0.25) is 0 Å². The second-order valence-electron chi connectivity index (χ2n) is 5.40. The average molecular weight is 269 g/mol. The fourth-order valence-corrected chi connectivity index (χ4v) is 2.54. The van der Waals surface area contributed by atoms with E-state index in [1.54, 1.807) is 0 Å². The molecule has 4 heteroatoms. The highest BCUT2D eigenvalue weighted by atomic mass is 19.1. The van der Waals surface area contributed by atoms with Crippen LogP contribution in [0.15, 0.2) is 0 Å². The van der Waals surface area contributed by atoms with E-state index in [-0.39, 0.29) is 5.92 Å². The lowest BCUT2D eigenvalue weighted by Gasteiger charge is -2.14. The zero-order chi connectivity index (χ0) is 13.9. The molecule has 0 aliphatic carbocycles. The van der Waals surface area contributed by atoms with E-state index in [1.807, 2.05) is 0 Å². The van der Waals surface area contributed by atoms with Gasteiger partial charge in [-0.3, -0.25) is 0 Å². The van der Waals surface area contributed by atoms with Crippen molar-refractivity contribution in [2.45, 2.75) is 84.0 Å². The predicted octanol–water partition coefficient (Wildman–Crippen LogP) is 4.97. The van der Waals surface area contributed by atoms with E-state index in [1.165, 1.54) is 51.4 Å². The summed E-state index contributed by atoms with van der Waals surface area (Å²) < 4.78 is 13.5. The molecule has 0 aromatic carbocycles. The summed E-state index contributed by atoms with van der Waals surface area (Å²) in [6, 6.07) is 0. The van der Waals surface area contributed by atoms with E-state index in [2.05, 4.69) is 29.3 Å². The summed E-state index contributed by atoms with van der Waals surface area (Å²) >= 11 is 0. The monoisotopic (exact) mass is 269 g/mol. The van der Waals surface area contributed by atoms with Gasteiger partial charge >= 0.3 is 0 Å². The van der Waals surface area contributed by atoms with E-state index < -0.39 is 5.95 Å². The molecule has 1 rings (SSSR count). The molecule has 0 amide bonds. The van der Waals surface area contributed by atoms with Crippen LogP contribution in [0.1, 0.15) is 89.7 Å². The fraction of sp³-hybridized carbons (Fsp3) is 0.867. The molecule has 1 N–H and O–H groups in total. The average Bonchev–Trinajstić information content (AvgIpc) is 2.83. The Bertz CT molecular complexity index is 313. The minimum absolute atomic E-state index is 0.243. The maximum atomic E-state index is 13.5. The third-order valence-corrected chi connectivity index (χ3v) is 3.73. The molecular formula is C15H28FN3. The van der Waals surface area contributed by atoms with Crippen molar-refractivity contribution < 1.29 is 4.39 Å². The molecule has 1 aromatic heterocycles. The van der Waals surface area contributed by atoms with Crippen LogP contribution in [0.5, 0.6) is 0 Å². The SMILES string of the molecule is CCCCCCC(CCCCCC)c1n[nH]nc1F. The van der Waals surface area contributed by atoms with Gasteiger partial charge in [0.2, 0.25) is 0 Å². The van der Waals surface area contributed by atoms with Gasteiger partial charge in [-0.1, -0.05) is 65.2 Å². The first-order chi connectivity index (χ1) is 9.29. The van der Waals surface area contributed by atoms with E-state index in [9.17, 15) is 4.39 Å². The van der Waals surface area contributed by atoms with Crippen LogP contribution in [-0.4, -0.2) is 15.4 Å². The second-order valence-corrected chi connectivity index (χ2v) is 5.40. The Labute approximate surface area is 116 Å². The summed E-state index contributed by atoms with van der Waals surface area (Å²) in [4.78, 5) is 0. The molecule has 0 unspecified atom stereocenters. The number of hydrogen-bond donors (Lipinski definition) is 1. The maximum absolute atomic E-state index is 13.5. The van der Waals surface area contributed by atoms with Crippen molar-refractivity contribution >= 4 is 0 Å². The molecule has 0 saturated carbocycles. The largest absolute Gasteiger partial charge is 0.256 e. The van der Waals surface area contributed by atoms with E-state index in [0.717, 1.165) is 12.8 Å². The van der Waals surface area contributed by atoms with Gasteiger partial charge in [-0.15, -0.1) is 5.10 Å². The quantitative estimate of drug-likeness (QED) is 0.576. The van der Waals surface area contributed by atoms with Crippen LogP contribution in [0.25, 0.3) is 0 Å². The molecule has 0 bridgehead atoms. The van der Waals surface area contributed by atoms with Gasteiger partial charge in [0.05, 0.1) is 0 Å². The number of unbranched alkanes of at least 4 members (excludes halogenated alkanes) is 6. The Hall–Kier alpha value is -0.930. The van der Waals surface area contributed by atoms with Crippen LogP contribution in [0, 0.1) is 5.95 Å². The van der Waals surface area contributed by atoms with Crippen molar-refractivity contribution in [3.63, 3.8) is 0 Å². The van der Waals surface area contributed by atoms with Crippen molar-refractivity contribution in [2.24, 2.45) is 0 Å². The summed E-state index contributed by atoms with van der Waals surface area (Å²) in [5, 5.41) is 9.93. The summed E-state index contributed by atoms with van der Waals surface area (Å²) in [7, 11) is 0. The first kappa shape index (κ1) is 16.1. The van der Waals surface area contributed by atoms with E-state index >= 15 is 0 Å². The fourth-order valence-electron chi connectivity index (χ4n) is 2.54. The highest BCUT2D eigenvalue weighted by Crippen LogP contribution is 2.28. The highest BCUT2D eigenvalue weighted by molar-refractivity contribution is 5.03. The van der Waals surface area contributed by atoms with Crippen LogP contribution in [-0.2, 0) is 0 Å². The molecule has 0 atom stereocenters. The van der Waals surface area contributed by atoms with Crippen molar-refractivity contribution in [2.75, 3.05) is 0 Å². The second kappa shape index (κ2) is 9.93. The number of rotatable bonds is 11. The van der Waals surface area contributed by atoms with Gasteiger partial charge in [0.1, 0.15) is 5.69 Å². The summed E-state index contributed by atoms with van der Waals surface area (Å²) in [5.41, 5.74) is 0.549. The maximum Gasteiger partial charge on any atom is 0.256 e. The minimum atomic E-state index is -0.406. The van der Waals surface area contributed by atoms with Gasteiger partial charge in [0.25, 0.3) is 5.95 Å². The predicted molar refractivity (Wildman–Crippen MR) is 76.6 cm³/mol. The summed E-state index contributed by atoms with van der Waals surface area (Å²) in [6.07, 6.45) is 11.9. The van der Waals surface area contributed by atoms with Gasteiger partial charge in [-0.2, -0.15) is 14.7 Å². The first-order valence-corrected chi connectivity index (χ1v) is 7.85. The van der Waals surface area contributed by atoms with E-state index in [0.29, 0.717) is 5.69 Å². The lowest BCUT2D eigenvalue weighted by Crippen LogP contribution is -2.03. The molecule has 3 nitrogen and oxygen atoms in total. The number of hydrogen-bond acceptors (Lipinski definition) is 2. The van der Waals surface area contributed by atoms with Crippen molar-refractivity contribution in [3.05, 3.63) is 11.6 Å². The Balaban J connectivity index is 2.41. The molecule has 0 fully saturated rings. The van der Waals surface area contributed by atoms with Crippen molar-refractivity contribution in [1.29, 1.82) is 0 Å². The van der Waals surface area contributed by atoms with Crippen molar-refractivity contribution in [1.82, 2.24) is 15.4 Å². The summed E-state index contributed by atoms with van der Waals surface area (Å²) in [5.74, 6) is -0.163. The number of nitrogens with one attached hydrogen (secondary N) is 1. The lowest BCUT2D eigenvalue weighted by molar-refractivity contribution is 0.465. The minimum Gasteiger partial charge on any atom is -0.195 e. The smallest absolute Gasteiger partial charge is 0.195 e. The first-order valence-electron chi connectivity index (χ1n) is 7.85. The number of halogens is 1. The van der Waals surface area contributed by atoms with Gasteiger partial charge in [0, 0.05) is 5.92 Å². The van der Waals surface area contributed by atoms with E-state index in [4.69, 9.17) is 0 Å². The third-order valence-electron chi connectivity index (χ3n) is 3.73. The normalized spacial score (nSPS) is 11.4. The Kier molecular flexibility index (Phi) is 8.43. The Morgan fingerprint density at radius 1 is 0.895 bits per heavy atom. The number of H-pyrrole nitrogens is 1. The van der Waals surface area contributed by atoms with Crippen LogP contribution in [0.4, 0.5) is 4.39 Å². The number of aromatic amines is 1. The third kappa shape index (κ3) is 6.17. The van der Waals surface area contributed by atoms with Crippen LogP contribution >= 0.6 is 0 Å². The van der Waals surface area contributed by atoms with Gasteiger partial charge in [-0.25, -0.2) is 0 Å². The molecular weight excluding hydrogens is 241 g/mol. The molecule has 19 heavy (non-hydrogen) atoms. The molecule has 1 heterocycles. The molecule has 110 valence electrons. The topological polar surface area (TPSA) is 41.6 Å². The van der Waals surface area contributed by atoms with Crippen LogP contribution in [0.3, 0.4) is 0 Å². The van der Waals surface area contributed by atoms with Gasteiger partial charge in [0.15, 0.2) is 0 Å². The zero-order valence-corrected chi connectivity index (χ0v) is 12.4. The molecule has 0 saturated heterocycles. The van der Waals surface area contributed by atoms with Crippen molar-refractivity contribution in [3.8, 4) is 0 Å². The Morgan fingerprint density at radius 2 is 1.47 bits per heavy atom. The molecule has 0 aliphatic rings. The van der Waals surface area contributed by atoms with Crippen LogP contribution < -0.4 is 0 Å². The van der Waals surface area contributed by atoms with Gasteiger partial charge in [-0.05, 0) is 12.8 Å². The van der Waals surface area contributed by atoms with Gasteiger partial charge < -0.3 is 0 Å². The molecule has 0 spiro atoms. The molecule has 1 aromatic rings.